The standard InChI is InChI=1S/C19H21NO3/c1-22-18-12-5-4-11-17(18)19(21)20-14-7-6-10-16(13-14)23-15-8-2-3-9-15/h4-7,10-13,15H,2-3,8-9H2,1H3,(H,20,21). The highest BCUT2D eigenvalue weighted by molar-refractivity contribution is 6.06. The topological polar surface area (TPSA) is 47.6 Å². The third-order valence-corrected chi connectivity index (χ3v) is 4.05. The summed E-state index contributed by atoms with van der Waals surface area (Å²) >= 11 is 0. The minimum Gasteiger partial charge on any atom is -0.496 e. The Hall–Kier alpha value is -2.49. The van der Waals surface area contributed by atoms with E-state index >= 15 is 0 Å². The lowest BCUT2D eigenvalue weighted by Gasteiger charge is -2.14. The van der Waals surface area contributed by atoms with Crippen molar-refractivity contribution in [1.29, 1.82) is 0 Å². The van der Waals surface area contributed by atoms with Gasteiger partial charge < -0.3 is 14.8 Å². The molecule has 1 aliphatic rings. The SMILES string of the molecule is COc1ccccc1C(=O)Nc1cccc(OC2CCCC2)c1. The van der Waals surface area contributed by atoms with Crippen LogP contribution in [0.25, 0.3) is 0 Å². The summed E-state index contributed by atoms with van der Waals surface area (Å²) in [6, 6.07) is 14.7. The highest BCUT2D eigenvalue weighted by Gasteiger charge is 2.17. The number of ether oxygens (including phenoxy) is 2. The summed E-state index contributed by atoms with van der Waals surface area (Å²) in [4.78, 5) is 12.4. The summed E-state index contributed by atoms with van der Waals surface area (Å²) in [6.45, 7) is 0. The van der Waals surface area contributed by atoms with Crippen molar-refractivity contribution in [2.45, 2.75) is 31.8 Å². The zero-order chi connectivity index (χ0) is 16.1. The second-order valence-electron chi connectivity index (χ2n) is 5.71. The number of hydrogen-bond acceptors (Lipinski definition) is 3. The molecule has 0 saturated heterocycles. The second kappa shape index (κ2) is 7.18. The number of benzene rings is 2. The molecule has 1 saturated carbocycles. The lowest BCUT2D eigenvalue weighted by atomic mass is 10.2. The third-order valence-electron chi connectivity index (χ3n) is 4.05. The average Bonchev–Trinajstić information content (AvgIpc) is 3.08. The first-order chi connectivity index (χ1) is 11.3. The van der Waals surface area contributed by atoms with E-state index in [4.69, 9.17) is 9.47 Å². The van der Waals surface area contributed by atoms with Crippen molar-refractivity contribution >= 4 is 11.6 Å². The van der Waals surface area contributed by atoms with E-state index < -0.39 is 0 Å². The molecule has 0 aromatic heterocycles. The molecule has 3 rings (SSSR count). The predicted octanol–water partition coefficient (Wildman–Crippen LogP) is 4.27. The fraction of sp³-hybridized carbons (Fsp3) is 0.316. The summed E-state index contributed by atoms with van der Waals surface area (Å²) in [5.41, 5.74) is 1.23. The van der Waals surface area contributed by atoms with Crippen molar-refractivity contribution in [1.82, 2.24) is 0 Å². The Morgan fingerprint density at radius 2 is 1.87 bits per heavy atom. The maximum absolute atomic E-state index is 12.4. The number of nitrogens with one attached hydrogen (secondary N) is 1. The van der Waals surface area contributed by atoms with Crippen LogP contribution >= 0.6 is 0 Å². The number of para-hydroxylation sites is 1. The molecule has 0 spiro atoms. The molecule has 1 aliphatic carbocycles. The average molecular weight is 311 g/mol. The van der Waals surface area contributed by atoms with Crippen LogP contribution < -0.4 is 14.8 Å². The molecule has 1 amide bonds. The van der Waals surface area contributed by atoms with Gasteiger partial charge in [0, 0.05) is 11.8 Å². The van der Waals surface area contributed by atoms with Crippen molar-refractivity contribution in [3.63, 3.8) is 0 Å². The van der Waals surface area contributed by atoms with Crippen LogP contribution in [0.3, 0.4) is 0 Å². The van der Waals surface area contributed by atoms with E-state index in [1.165, 1.54) is 12.8 Å². The molecule has 120 valence electrons. The number of methoxy groups -OCH3 is 1. The Morgan fingerprint density at radius 3 is 2.65 bits per heavy atom. The number of hydrogen-bond donors (Lipinski definition) is 1. The molecule has 0 unspecified atom stereocenters. The molecule has 0 radical (unpaired) electrons. The lowest BCUT2D eigenvalue weighted by molar-refractivity contribution is 0.102. The van der Waals surface area contributed by atoms with Gasteiger partial charge in [0.25, 0.3) is 5.91 Å². The summed E-state index contributed by atoms with van der Waals surface area (Å²) in [7, 11) is 1.56. The smallest absolute Gasteiger partial charge is 0.259 e. The van der Waals surface area contributed by atoms with E-state index in [9.17, 15) is 4.79 Å². The van der Waals surface area contributed by atoms with Crippen LogP contribution in [-0.4, -0.2) is 19.1 Å². The fourth-order valence-corrected chi connectivity index (χ4v) is 2.88. The maximum atomic E-state index is 12.4. The summed E-state index contributed by atoms with van der Waals surface area (Å²) in [6.07, 6.45) is 4.98. The van der Waals surface area contributed by atoms with Gasteiger partial charge in [-0.05, 0) is 49.9 Å². The minimum absolute atomic E-state index is 0.194. The van der Waals surface area contributed by atoms with Crippen molar-refractivity contribution < 1.29 is 14.3 Å². The Kier molecular flexibility index (Phi) is 4.81. The van der Waals surface area contributed by atoms with Gasteiger partial charge in [0.05, 0.1) is 18.8 Å². The number of carbonyl (C=O) groups is 1. The molecule has 4 nitrogen and oxygen atoms in total. The van der Waals surface area contributed by atoms with Gasteiger partial charge in [-0.2, -0.15) is 0 Å². The monoisotopic (exact) mass is 311 g/mol. The van der Waals surface area contributed by atoms with Gasteiger partial charge in [0.2, 0.25) is 0 Å². The molecule has 23 heavy (non-hydrogen) atoms. The summed E-state index contributed by atoms with van der Waals surface area (Å²) in [5.74, 6) is 1.17. The molecule has 0 atom stereocenters. The normalized spacial score (nSPS) is 14.5. The summed E-state index contributed by atoms with van der Waals surface area (Å²) in [5, 5.41) is 2.90. The van der Waals surface area contributed by atoms with E-state index in [1.54, 1.807) is 19.2 Å². The van der Waals surface area contributed by atoms with E-state index in [0.717, 1.165) is 24.3 Å². The van der Waals surface area contributed by atoms with E-state index in [-0.39, 0.29) is 5.91 Å². The van der Waals surface area contributed by atoms with Crippen LogP contribution in [-0.2, 0) is 0 Å². The number of rotatable bonds is 5. The van der Waals surface area contributed by atoms with Gasteiger partial charge in [0.15, 0.2) is 0 Å². The van der Waals surface area contributed by atoms with Crippen LogP contribution in [0.1, 0.15) is 36.0 Å². The first-order valence-electron chi connectivity index (χ1n) is 7.97. The lowest BCUT2D eigenvalue weighted by Crippen LogP contribution is -2.14. The maximum Gasteiger partial charge on any atom is 0.259 e. The molecular weight excluding hydrogens is 290 g/mol. The van der Waals surface area contributed by atoms with Gasteiger partial charge in [-0.25, -0.2) is 0 Å². The summed E-state index contributed by atoms with van der Waals surface area (Å²) < 4.78 is 11.2. The Bertz CT molecular complexity index is 678. The predicted molar refractivity (Wildman–Crippen MR) is 90.3 cm³/mol. The molecule has 4 heteroatoms. The fourth-order valence-electron chi connectivity index (χ4n) is 2.88. The highest BCUT2D eigenvalue weighted by atomic mass is 16.5. The van der Waals surface area contributed by atoms with Crippen LogP contribution in [0, 0.1) is 0 Å². The van der Waals surface area contributed by atoms with Crippen molar-refractivity contribution in [2.75, 3.05) is 12.4 Å². The van der Waals surface area contributed by atoms with Gasteiger partial charge >= 0.3 is 0 Å². The molecule has 1 fully saturated rings. The Morgan fingerprint density at radius 1 is 1.09 bits per heavy atom. The molecule has 1 N–H and O–H groups in total. The van der Waals surface area contributed by atoms with Crippen LogP contribution in [0.15, 0.2) is 48.5 Å². The number of carbonyl (C=O) groups excluding carboxylic acids is 1. The van der Waals surface area contributed by atoms with E-state index in [1.807, 2.05) is 36.4 Å². The van der Waals surface area contributed by atoms with Gasteiger partial charge in [-0.3, -0.25) is 4.79 Å². The first-order valence-corrected chi connectivity index (χ1v) is 7.97. The highest BCUT2D eigenvalue weighted by Crippen LogP contribution is 2.26. The van der Waals surface area contributed by atoms with Crippen molar-refractivity contribution in [3.8, 4) is 11.5 Å². The second-order valence-corrected chi connectivity index (χ2v) is 5.71. The van der Waals surface area contributed by atoms with Crippen LogP contribution in [0.4, 0.5) is 5.69 Å². The minimum atomic E-state index is -0.194. The zero-order valence-electron chi connectivity index (χ0n) is 13.2. The van der Waals surface area contributed by atoms with Crippen LogP contribution in [0.5, 0.6) is 11.5 Å². The largest absolute Gasteiger partial charge is 0.496 e. The molecule has 2 aromatic rings. The number of anilines is 1. The first kappa shape index (κ1) is 15.4. The molecule has 0 aliphatic heterocycles. The van der Waals surface area contributed by atoms with Gasteiger partial charge in [0.1, 0.15) is 11.5 Å². The zero-order valence-corrected chi connectivity index (χ0v) is 13.2. The van der Waals surface area contributed by atoms with Crippen molar-refractivity contribution in [3.05, 3.63) is 54.1 Å². The van der Waals surface area contributed by atoms with E-state index in [0.29, 0.717) is 17.4 Å². The van der Waals surface area contributed by atoms with Crippen molar-refractivity contribution in [2.24, 2.45) is 0 Å². The molecule has 2 aromatic carbocycles. The Balaban J connectivity index is 1.70. The Labute approximate surface area is 136 Å². The van der Waals surface area contributed by atoms with E-state index in [2.05, 4.69) is 5.32 Å². The number of amides is 1. The third kappa shape index (κ3) is 3.83. The van der Waals surface area contributed by atoms with Crippen LogP contribution in [0.2, 0.25) is 0 Å². The quantitative estimate of drug-likeness (QED) is 0.897. The van der Waals surface area contributed by atoms with Gasteiger partial charge in [-0.15, -0.1) is 0 Å². The molecule has 0 bridgehead atoms. The molecule has 0 heterocycles. The molecular formula is C19H21NO3. The van der Waals surface area contributed by atoms with Gasteiger partial charge in [-0.1, -0.05) is 18.2 Å².